The number of aryl methyl sites for hydroxylation is 1. The van der Waals surface area contributed by atoms with Gasteiger partial charge in [-0.15, -0.1) is 0 Å². The first kappa shape index (κ1) is 14.5. The van der Waals surface area contributed by atoms with Crippen LogP contribution >= 0.6 is 0 Å². The van der Waals surface area contributed by atoms with E-state index in [1.807, 2.05) is 19.1 Å². The summed E-state index contributed by atoms with van der Waals surface area (Å²) in [6, 6.07) is 12.0. The quantitative estimate of drug-likeness (QED) is 0.930. The summed E-state index contributed by atoms with van der Waals surface area (Å²) in [6.07, 6.45) is 0. The van der Waals surface area contributed by atoms with Gasteiger partial charge in [-0.1, -0.05) is 23.8 Å². The van der Waals surface area contributed by atoms with Crippen molar-refractivity contribution in [3.8, 4) is 11.5 Å². The minimum absolute atomic E-state index is 0.195. The lowest BCUT2D eigenvalue weighted by molar-refractivity contribution is 0.174. The molecule has 0 bridgehead atoms. The minimum atomic E-state index is -3.44. The second-order valence-electron chi connectivity index (χ2n) is 6.04. The summed E-state index contributed by atoms with van der Waals surface area (Å²) >= 11 is 0. The molecule has 23 heavy (non-hydrogen) atoms. The standard InChI is InChI=1S/C17H17NO4S/c1-10-2-5-12(6-3-10)23(19,20)17-15(16(17)18)11-4-7-13-14(8-11)22-9-21-13/h2-8,15-17H,9,18H2,1H3/t15-,16-,17-/m0/s1. The zero-order chi connectivity index (χ0) is 16.2. The number of sulfone groups is 1. The number of fused-ring (bicyclic) bond motifs is 1. The third-order valence-corrected chi connectivity index (χ3v) is 6.75. The number of ether oxygens (including phenoxy) is 2. The lowest BCUT2D eigenvalue weighted by atomic mass is 10.1. The van der Waals surface area contributed by atoms with Crippen LogP contribution in [0.4, 0.5) is 0 Å². The Hall–Kier alpha value is -2.05. The molecule has 1 fully saturated rings. The molecule has 0 amide bonds. The maximum Gasteiger partial charge on any atom is 0.231 e. The van der Waals surface area contributed by atoms with Crippen LogP contribution in [0.2, 0.25) is 0 Å². The van der Waals surface area contributed by atoms with Gasteiger partial charge in [0.25, 0.3) is 0 Å². The molecule has 0 saturated heterocycles. The van der Waals surface area contributed by atoms with Gasteiger partial charge in [0.15, 0.2) is 21.3 Å². The van der Waals surface area contributed by atoms with E-state index in [9.17, 15) is 8.42 Å². The van der Waals surface area contributed by atoms with E-state index in [-0.39, 0.29) is 12.7 Å². The van der Waals surface area contributed by atoms with E-state index in [4.69, 9.17) is 15.2 Å². The molecule has 2 aromatic rings. The highest BCUT2D eigenvalue weighted by molar-refractivity contribution is 7.92. The second kappa shape index (κ2) is 4.97. The van der Waals surface area contributed by atoms with Crippen LogP contribution in [0.5, 0.6) is 11.5 Å². The predicted molar refractivity (Wildman–Crippen MR) is 85.4 cm³/mol. The minimum Gasteiger partial charge on any atom is -0.454 e. The van der Waals surface area contributed by atoms with Gasteiger partial charge in [0.05, 0.1) is 10.1 Å². The van der Waals surface area contributed by atoms with Crippen LogP contribution in [0.3, 0.4) is 0 Å². The Bertz CT molecular complexity index is 861. The summed E-state index contributed by atoms with van der Waals surface area (Å²) in [7, 11) is -3.44. The number of benzene rings is 2. The number of nitrogens with two attached hydrogens (primary N) is 1. The molecule has 0 radical (unpaired) electrons. The fraction of sp³-hybridized carbons (Fsp3) is 0.294. The van der Waals surface area contributed by atoms with Gasteiger partial charge < -0.3 is 15.2 Å². The van der Waals surface area contributed by atoms with Gasteiger partial charge in [0, 0.05) is 12.0 Å². The van der Waals surface area contributed by atoms with E-state index < -0.39 is 21.1 Å². The summed E-state index contributed by atoms with van der Waals surface area (Å²) < 4.78 is 36.2. The molecule has 2 N–H and O–H groups in total. The maximum atomic E-state index is 12.8. The fourth-order valence-corrected chi connectivity index (χ4v) is 5.17. The molecule has 0 aromatic heterocycles. The Kier molecular flexibility index (Phi) is 3.14. The SMILES string of the molecule is Cc1ccc(S(=O)(=O)[C@@H]2[C@@H](N)[C@@H]2c2ccc3c(c2)OCO3)cc1. The Labute approximate surface area is 134 Å². The highest BCUT2D eigenvalue weighted by Gasteiger charge is 2.57. The molecule has 2 aromatic carbocycles. The van der Waals surface area contributed by atoms with Gasteiger partial charge in [-0.25, -0.2) is 8.42 Å². The van der Waals surface area contributed by atoms with E-state index in [0.29, 0.717) is 16.4 Å². The van der Waals surface area contributed by atoms with Crippen molar-refractivity contribution in [2.24, 2.45) is 5.73 Å². The van der Waals surface area contributed by atoms with Crippen LogP contribution in [-0.2, 0) is 9.84 Å². The predicted octanol–water partition coefficient (Wildman–Crippen LogP) is 1.99. The average Bonchev–Trinajstić information content (AvgIpc) is 3.01. The highest BCUT2D eigenvalue weighted by Crippen LogP contribution is 2.49. The van der Waals surface area contributed by atoms with Crippen LogP contribution < -0.4 is 15.2 Å². The lowest BCUT2D eigenvalue weighted by Gasteiger charge is -2.05. The van der Waals surface area contributed by atoms with Crippen molar-refractivity contribution in [3.05, 3.63) is 53.6 Å². The molecule has 5 nitrogen and oxygen atoms in total. The summed E-state index contributed by atoms with van der Waals surface area (Å²) in [5.74, 6) is 1.12. The topological polar surface area (TPSA) is 78.6 Å². The molecule has 1 aliphatic carbocycles. The maximum absolute atomic E-state index is 12.8. The zero-order valence-electron chi connectivity index (χ0n) is 12.6. The van der Waals surface area contributed by atoms with E-state index in [1.54, 1.807) is 30.3 Å². The van der Waals surface area contributed by atoms with Crippen molar-refractivity contribution in [3.63, 3.8) is 0 Å². The van der Waals surface area contributed by atoms with Crippen LogP contribution in [-0.4, -0.2) is 26.5 Å². The third kappa shape index (κ3) is 2.29. The molecule has 0 spiro atoms. The van der Waals surface area contributed by atoms with Crippen molar-refractivity contribution >= 4 is 9.84 Å². The second-order valence-corrected chi connectivity index (χ2v) is 8.14. The van der Waals surface area contributed by atoms with Crippen molar-refractivity contribution in [1.29, 1.82) is 0 Å². The summed E-state index contributed by atoms with van der Waals surface area (Å²) in [6.45, 7) is 2.12. The van der Waals surface area contributed by atoms with Crippen molar-refractivity contribution in [2.45, 2.75) is 29.0 Å². The van der Waals surface area contributed by atoms with Crippen LogP contribution in [0.1, 0.15) is 17.0 Å². The molecule has 4 rings (SSSR count). The zero-order valence-corrected chi connectivity index (χ0v) is 13.4. The summed E-state index contributed by atoms with van der Waals surface area (Å²) in [5.41, 5.74) is 7.99. The largest absolute Gasteiger partial charge is 0.454 e. The summed E-state index contributed by atoms with van der Waals surface area (Å²) in [5, 5.41) is -0.592. The molecular weight excluding hydrogens is 314 g/mol. The average molecular weight is 331 g/mol. The Morgan fingerprint density at radius 1 is 1.04 bits per heavy atom. The van der Waals surface area contributed by atoms with Crippen molar-refractivity contribution < 1.29 is 17.9 Å². The Balaban J connectivity index is 1.65. The monoisotopic (exact) mass is 331 g/mol. The van der Waals surface area contributed by atoms with E-state index in [1.165, 1.54) is 0 Å². The first-order valence-electron chi connectivity index (χ1n) is 7.44. The van der Waals surface area contributed by atoms with Gasteiger partial charge >= 0.3 is 0 Å². The Morgan fingerprint density at radius 2 is 1.74 bits per heavy atom. The molecule has 120 valence electrons. The molecule has 1 aliphatic heterocycles. The highest BCUT2D eigenvalue weighted by atomic mass is 32.2. The van der Waals surface area contributed by atoms with E-state index >= 15 is 0 Å². The molecule has 2 aliphatic rings. The molecule has 1 saturated carbocycles. The van der Waals surface area contributed by atoms with Gasteiger partial charge in [-0.05, 0) is 36.8 Å². The van der Waals surface area contributed by atoms with Gasteiger partial charge in [0.2, 0.25) is 6.79 Å². The first-order valence-corrected chi connectivity index (χ1v) is 8.99. The smallest absolute Gasteiger partial charge is 0.231 e. The van der Waals surface area contributed by atoms with Crippen LogP contribution in [0.25, 0.3) is 0 Å². The van der Waals surface area contributed by atoms with E-state index in [2.05, 4.69) is 0 Å². The number of rotatable bonds is 3. The number of hydrogen-bond acceptors (Lipinski definition) is 5. The molecule has 0 unspecified atom stereocenters. The molecule has 3 atom stereocenters. The van der Waals surface area contributed by atoms with Gasteiger partial charge in [-0.3, -0.25) is 0 Å². The van der Waals surface area contributed by atoms with Gasteiger partial charge in [0.1, 0.15) is 0 Å². The number of hydrogen-bond donors (Lipinski definition) is 1. The summed E-state index contributed by atoms with van der Waals surface area (Å²) in [4.78, 5) is 0.326. The van der Waals surface area contributed by atoms with Crippen LogP contribution in [0, 0.1) is 6.92 Å². The van der Waals surface area contributed by atoms with Crippen molar-refractivity contribution in [1.82, 2.24) is 0 Å². The molecule has 6 heteroatoms. The fourth-order valence-electron chi connectivity index (χ4n) is 3.12. The van der Waals surface area contributed by atoms with Crippen molar-refractivity contribution in [2.75, 3.05) is 6.79 Å². The van der Waals surface area contributed by atoms with Gasteiger partial charge in [-0.2, -0.15) is 0 Å². The van der Waals surface area contributed by atoms with E-state index in [0.717, 1.165) is 11.1 Å². The van der Waals surface area contributed by atoms with Crippen LogP contribution in [0.15, 0.2) is 47.4 Å². The molecule has 1 heterocycles. The third-order valence-electron chi connectivity index (χ3n) is 4.50. The normalized spacial score (nSPS) is 25.4. The lowest BCUT2D eigenvalue weighted by Crippen LogP contribution is -2.15. The Morgan fingerprint density at radius 3 is 2.48 bits per heavy atom. The molecular formula is C17H17NO4S. The first-order chi connectivity index (χ1) is 11.0.